The van der Waals surface area contributed by atoms with Gasteiger partial charge in [0, 0.05) is 37.1 Å². The Morgan fingerprint density at radius 2 is 1.79 bits per heavy atom. The van der Waals surface area contributed by atoms with E-state index in [1.165, 1.54) is 28.1 Å². The molecule has 0 saturated carbocycles. The molecule has 2 aromatic carbocycles. The van der Waals surface area contributed by atoms with Gasteiger partial charge in [0.1, 0.15) is 5.82 Å². The summed E-state index contributed by atoms with van der Waals surface area (Å²) in [7, 11) is -3.68. The minimum atomic E-state index is -3.68. The minimum absolute atomic E-state index is 0.00274. The number of thiazole rings is 1. The molecule has 1 aromatic heterocycles. The van der Waals surface area contributed by atoms with Crippen LogP contribution in [0.5, 0.6) is 0 Å². The first kappa shape index (κ1) is 19.0. The van der Waals surface area contributed by atoms with Crippen LogP contribution < -0.4 is 4.90 Å². The molecule has 1 saturated heterocycles. The van der Waals surface area contributed by atoms with E-state index in [1.54, 1.807) is 11.3 Å². The molecule has 1 aliphatic heterocycles. The second kappa shape index (κ2) is 7.62. The van der Waals surface area contributed by atoms with Crippen LogP contribution in [0.3, 0.4) is 0 Å². The van der Waals surface area contributed by atoms with E-state index in [0.29, 0.717) is 26.2 Å². The molecular weight excluding hydrogens is 397 g/mol. The summed E-state index contributed by atoms with van der Waals surface area (Å²) in [4.78, 5) is 6.85. The molecular formula is C20H20FN3O2S2. The van der Waals surface area contributed by atoms with Crippen molar-refractivity contribution in [2.75, 3.05) is 31.1 Å². The van der Waals surface area contributed by atoms with Gasteiger partial charge >= 0.3 is 0 Å². The minimum Gasteiger partial charge on any atom is -0.345 e. The SMILES string of the molecule is Cc1ccccc1-c1csc(N2CCN(S(=O)(=O)c3cccc(F)c3)CC2)n1. The van der Waals surface area contributed by atoms with Gasteiger partial charge in [0.05, 0.1) is 10.6 Å². The largest absolute Gasteiger partial charge is 0.345 e. The third-order valence-electron chi connectivity index (χ3n) is 4.86. The van der Waals surface area contributed by atoms with Gasteiger partial charge in [-0.05, 0) is 30.7 Å². The molecule has 8 heteroatoms. The molecule has 0 bridgehead atoms. The van der Waals surface area contributed by atoms with Crippen LogP contribution in [-0.4, -0.2) is 43.9 Å². The molecule has 2 heterocycles. The molecule has 0 N–H and O–H groups in total. The molecule has 146 valence electrons. The topological polar surface area (TPSA) is 53.5 Å². The van der Waals surface area contributed by atoms with Crippen molar-refractivity contribution in [2.45, 2.75) is 11.8 Å². The van der Waals surface area contributed by atoms with Gasteiger partial charge in [0.2, 0.25) is 10.0 Å². The van der Waals surface area contributed by atoms with Gasteiger partial charge in [-0.2, -0.15) is 4.31 Å². The molecule has 1 fully saturated rings. The van der Waals surface area contributed by atoms with E-state index >= 15 is 0 Å². The zero-order valence-electron chi connectivity index (χ0n) is 15.4. The quantitative estimate of drug-likeness (QED) is 0.649. The second-order valence-corrected chi connectivity index (χ2v) is 9.45. The van der Waals surface area contributed by atoms with Gasteiger partial charge < -0.3 is 4.90 Å². The Morgan fingerprint density at radius 1 is 1.04 bits per heavy atom. The van der Waals surface area contributed by atoms with E-state index in [2.05, 4.69) is 24.0 Å². The van der Waals surface area contributed by atoms with E-state index < -0.39 is 15.8 Å². The van der Waals surface area contributed by atoms with Crippen LogP contribution in [0.2, 0.25) is 0 Å². The summed E-state index contributed by atoms with van der Waals surface area (Å²) in [5, 5.41) is 2.93. The standard InChI is InChI=1S/C20H20FN3O2S2/c1-15-5-2-3-8-18(15)19-14-27-20(22-19)23-9-11-24(12-10-23)28(25,26)17-7-4-6-16(21)13-17/h2-8,13-14H,9-12H2,1H3. The van der Waals surface area contributed by atoms with Gasteiger partial charge in [-0.15, -0.1) is 11.3 Å². The summed E-state index contributed by atoms with van der Waals surface area (Å²) in [6, 6.07) is 13.3. The summed E-state index contributed by atoms with van der Waals surface area (Å²) in [6.45, 7) is 3.85. The number of benzene rings is 2. The molecule has 0 radical (unpaired) electrons. The zero-order valence-corrected chi connectivity index (χ0v) is 17.0. The Kier molecular flexibility index (Phi) is 5.18. The third kappa shape index (κ3) is 3.67. The first-order valence-corrected chi connectivity index (χ1v) is 11.3. The van der Waals surface area contributed by atoms with Gasteiger partial charge in [-0.1, -0.05) is 30.3 Å². The Balaban J connectivity index is 1.47. The maximum Gasteiger partial charge on any atom is 0.243 e. The van der Waals surface area contributed by atoms with Gasteiger partial charge in [0.15, 0.2) is 5.13 Å². The number of hydrogen-bond donors (Lipinski definition) is 0. The summed E-state index contributed by atoms with van der Waals surface area (Å²) >= 11 is 1.56. The van der Waals surface area contributed by atoms with Crippen molar-refractivity contribution in [1.82, 2.24) is 9.29 Å². The lowest BCUT2D eigenvalue weighted by Crippen LogP contribution is -2.48. The van der Waals surface area contributed by atoms with Crippen molar-refractivity contribution in [3.8, 4) is 11.3 Å². The molecule has 3 aromatic rings. The number of halogens is 1. The summed E-state index contributed by atoms with van der Waals surface area (Å²) in [5.41, 5.74) is 3.22. The lowest BCUT2D eigenvalue weighted by molar-refractivity contribution is 0.384. The van der Waals surface area contributed by atoms with Gasteiger partial charge in [-0.3, -0.25) is 0 Å². The highest BCUT2D eigenvalue weighted by molar-refractivity contribution is 7.89. The molecule has 0 aliphatic carbocycles. The van der Waals surface area contributed by atoms with Crippen LogP contribution in [0, 0.1) is 12.7 Å². The molecule has 0 spiro atoms. The van der Waals surface area contributed by atoms with Crippen LogP contribution in [0.1, 0.15) is 5.56 Å². The first-order chi connectivity index (χ1) is 13.4. The average molecular weight is 418 g/mol. The fourth-order valence-electron chi connectivity index (χ4n) is 3.29. The van der Waals surface area contributed by atoms with E-state index in [4.69, 9.17) is 4.98 Å². The van der Waals surface area contributed by atoms with Crippen LogP contribution in [0.25, 0.3) is 11.3 Å². The predicted octanol–water partition coefficient (Wildman–Crippen LogP) is 3.77. The maximum absolute atomic E-state index is 13.4. The van der Waals surface area contributed by atoms with Crippen molar-refractivity contribution >= 4 is 26.5 Å². The molecule has 5 nitrogen and oxygen atoms in total. The lowest BCUT2D eigenvalue weighted by atomic mass is 10.1. The van der Waals surface area contributed by atoms with Gasteiger partial charge in [0.25, 0.3) is 0 Å². The highest BCUT2D eigenvalue weighted by atomic mass is 32.2. The number of rotatable bonds is 4. The Labute approximate surface area is 168 Å². The number of piperazine rings is 1. The average Bonchev–Trinajstić information content (AvgIpc) is 3.18. The van der Waals surface area contributed by atoms with Crippen molar-refractivity contribution in [1.29, 1.82) is 0 Å². The number of nitrogens with zero attached hydrogens (tertiary/aromatic N) is 3. The monoisotopic (exact) mass is 417 g/mol. The van der Waals surface area contributed by atoms with Crippen molar-refractivity contribution in [3.05, 3.63) is 65.3 Å². The Bertz CT molecular complexity index is 1090. The smallest absolute Gasteiger partial charge is 0.243 e. The molecule has 4 rings (SSSR count). The number of sulfonamides is 1. The van der Waals surface area contributed by atoms with Crippen molar-refractivity contribution in [3.63, 3.8) is 0 Å². The second-order valence-electron chi connectivity index (χ2n) is 6.68. The van der Waals surface area contributed by atoms with Crippen LogP contribution in [0.15, 0.2) is 58.8 Å². The van der Waals surface area contributed by atoms with Crippen LogP contribution >= 0.6 is 11.3 Å². The zero-order chi connectivity index (χ0) is 19.7. The highest BCUT2D eigenvalue weighted by Crippen LogP contribution is 2.30. The third-order valence-corrected chi connectivity index (χ3v) is 7.65. The molecule has 0 atom stereocenters. The van der Waals surface area contributed by atoms with E-state index in [1.807, 2.05) is 17.5 Å². The number of hydrogen-bond acceptors (Lipinski definition) is 5. The Morgan fingerprint density at radius 3 is 2.50 bits per heavy atom. The predicted molar refractivity (Wildman–Crippen MR) is 110 cm³/mol. The Hall–Kier alpha value is -2.29. The lowest BCUT2D eigenvalue weighted by Gasteiger charge is -2.33. The fourth-order valence-corrected chi connectivity index (χ4v) is 5.62. The van der Waals surface area contributed by atoms with Crippen molar-refractivity contribution < 1.29 is 12.8 Å². The number of aromatic nitrogens is 1. The van der Waals surface area contributed by atoms with Crippen molar-refractivity contribution in [2.24, 2.45) is 0 Å². The summed E-state index contributed by atoms with van der Waals surface area (Å²) < 4.78 is 40.3. The summed E-state index contributed by atoms with van der Waals surface area (Å²) in [6.07, 6.45) is 0. The molecule has 28 heavy (non-hydrogen) atoms. The first-order valence-electron chi connectivity index (χ1n) is 8.97. The van der Waals surface area contributed by atoms with E-state index in [-0.39, 0.29) is 4.90 Å². The number of aryl methyl sites for hydroxylation is 1. The van der Waals surface area contributed by atoms with Crippen LogP contribution in [0.4, 0.5) is 9.52 Å². The maximum atomic E-state index is 13.4. The summed E-state index contributed by atoms with van der Waals surface area (Å²) in [5.74, 6) is -0.550. The van der Waals surface area contributed by atoms with E-state index in [0.717, 1.165) is 22.5 Å². The fraction of sp³-hybridized carbons (Fsp3) is 0.250. The molecule has 1 aliphatic rings. The van der Waals surface area contributed by atoms with Crippen LogP contribution in [-0.2, 0) is 10.0 Å². The van der Waals surface area contributed by atoms with Gasteiger partial charge in [-0.25, -0.2) is 17.8 Å². The number of anilines is 1. The molecule has 0 unspecified atom stereocenters. The molecule has 0 amide bonds. The normalized spacial score (nSPS) is 15.7. The highest BCUT2D eigenvalue weighted by Gasteiger charge is 2.29. The van der Waals surface area contributed by atoms with E-state index in [9.17, 15) is 12.8 Å².